The number of hydrogen-bond acceptors (Lipinski definition) is 4. The first-order chi connectivity index (χ1) is 9.88. The molecule has 0 aliphatic rings. The number of ether oxygens (including phenoxy) is 2. The van der Waals surface area contributed by atoms with Crippen LogP contribution in [-0.2, 0) is 16.0 Å². The van der Waals surface area contributed by atoms with E-state index in [1.807, 2.05) is 0 Å². The number of carbonyl (C=O) groups excluding carboxylic acids is 1. The average Bonchev–Trinajstić information content (AvgIpc) is 2.46. The van der Waals surface area contributed by atoms with Gasteiger partial charge < -0.3 is 19.5 Å². The summed E-state index contributed by atoms with van der Waals surface area (Å²) in [6.07, 6.45) is 0.128. The molecule has 116 valence electrons. The van der Waals surface area contributed by atoms with E-state index in [2.05, 4.69) is 0 Å². The van der Waals surface area contributed by atoms with Gasteiger partial charge in [-0.25, -0.2) is 0 Å². The summed E-state index contributed by atoms with van der Waals surface area (Å²) in [4.78, 5) is 24.4. The van der Waals surface area contributed by atoms with Gasteiger partial charge in [0.15, 0.2) is 0 Å². The summed E-state index contributed by atoms with van der Waals surface area (Å²) in [7, 11) is 4.68. The van der Waals surface area contributed by atoms with Gasteiger partial charge in [0.1, 0.15) is 11.5 Å². The number of carboxylic acids is 1. The van der Waals surface area contributed by atoms with Crippen LogP contribution >= 0.6 is 0 Å². The van der Waals surface area contributed by atoms with Crippen molar-refractivity contribution in [3.63, 3.8) is 0 Å². The minimum Gasteiger partial charge on any atom is -0.497 e. The number of benzene rings is 1. The van der Waals surface area contributed by atoms with Crippen LogP contribution in [0.5, 0.6) is 11.5 Å². The van der Waals surface area contributed by atoms with Crippen molar-refractivity contribution in [2.75, 3.05) is 27.8 Å². The first kappa shape index (κ1) is 16.8. The first-order valence-corrected chi connectivity index (χ1v) is 6.56. The van der Waals surface area contributed by atoms with Crippen molar-refractivity contribution in [1.29, 1.82) is 0 Å². The van der Waals surface area contributed by atoms with Gasteiger partial charge in [-0.15, -0.1) is 0 Å². The molecule has 6 heteroatoms. The molecule has 0 saturated heterocycles. The average molecular weight is 295 g/mol. The Hall–Kier alpha value is -2.24. The minimum atomic E-state index is -0.923. The monoisotopic (exact) mass is 295 g/mol. The van der Waals surface area contributed by atoms with Crippen molar-refractivity contribution in [2.45, 2.75) is 13.3 Å². The van der Waals surface area contributed by atoms with Crippen LogP contribution in [0.3, 0.4) is 0 Å². The highest BCUT2D eigenvalue weighted by Crippen LogP contribution is 2.24. The van der Waals surface area contributed by atoms with Gasteiger partial charge in [-0.3, -0.25) is 9.59 Å². The Morgan fingerprint density at radius 1 is 1.29 bits per heavy atom. The van der Waals surface area contributed by atoms with Gasteiger partial charge >= 0.3 is 5.97 Å². The third kappa shape index (κ3) is 4.66. The number of methoxy groups -OCH3 is 2. The van der Waals surface area contributed by atoms with Crippen molar-refractivity contribution in [1.82, 2.24) is 4.90 Å². The lowest BCUT2D eigenvalue weighted by molar-refractivity contribution is -0.142. The molecule has 0 bridgehead atoms. The van der Waals surface area contributed by atoms with Gasteiger partial charge in [0.05, 0.1) is 26.6 Å². The van der Waals surface area contributed by atoms with Crippen molar-refractivity contribution in [3.8, 4) is 11.5 Å². The van der Waals surface area contributed by atoms with Crippen LogP contribution in [0, 0.1) is 5.92 Å². The zero-order valence-corrected chi connectivity index (χ0v) is 12.8. The van der Waals surface area contributed by atoms with Gasteiger partial charge in [-0.2, -0.15) is 0 Å². The normalized spacial score (nSPS) is 11.6. The molecule has 21 heavy (non-hydrogen) atoms. The Balaban J connectivity index is 2.80. The Bertz CT molecular complexity index is 515. The number of rotatable bonds is 7. The number of nitrogens with zero attached hydrogens (tertiary/aromatic N) is 1. The fourth-order valence-electron chi connectivity index (χ4n) is 1.91. The van der Waals surface area contributed by atoms with E-state index >= 15 is 0 Å². The van der Waals surface area contributed by atoms with Crippen LogP contribution in [0.2, 0.25) is 0 Å². The molecule has 6 nitrogen and oxygen atoms in total. The fraction of sp³-hybridized carbons (Fsp3) is 0.467. The highest BCUT2D eigenvalue weighted by molar-refractivity contribution is 5.80. The van der Waals surface area contributed by atoms with E-state index in [-0.39, 0.29) is 18.9 Å². The quantitative estimate of drug-likeness (QED) is 0.823. The number of likely N-dealkylation sites (N-methyl/N-ethyl adjacent to an activating group) is 1. The van der Waals surface area contributed by atoms with Crippen molar-refractivity contribution in [3.05, 3.63) is 23.8 Å². The van der Waals surface area contributed by atoms with Gasteiger partial charge in [-0.05, 0) is 18.2 Å². The zero-order valence-electron chi connectivity index (χ0n) is 12.8. The lowest BCUT2D eigenvalue weighted by Gasteiger charge is -2.20. The molecule has 1 N–H and O–H groups in total. The number of hydrogen-bond donors (Lipinski definition) is 1. The molecule has 1 atom stereocenters. The van der Waals surface area contributed by atoms with Gasteiger partial charge in [0.2, 0.25) is 5.91 Å². The summed E-state index contributed by atoms with van der Waals surface area (Å²) in [6, 6.07) is 5.23. The van der Waals surface area contributed by atoms with Crippen LogP contribution in [0.25, 0.3) is 0 Å². The molecule has 0 aliphatic heterocycles. The fourth-order valence-corrected chi connectivity index (χ4v) is 1.91. The molecule has 0 spiro atoms. The highest BCUT2D eigenvalue weighted by atomic mass is 16.5. The standard InChI is InChI=1S/C15H21NO5/c1-10(15(18)19)9-16(2)14(17)8-11-7-12(20-3)5-6-13(11)21-4/h5-7,10H,8-9H2,1-4H3,(H,18,19). The smallest absolute Gasteiger partial charge is 0.308 e. The summed E-state index contributed by atoms with van der Waals surface area (Å²) in [5.74, 6) is -0.460. The molecule has 1 aromatic carbocycles. The SMILES string of the molecule is COc1ccc(OC)c(CC(=O)N(C)CC(C)C(=O)O)c1. The summed E-state index contributed by atoms with van der Waals surface area (Å²) >= 11 is 0. The maximum Gasteiger partial charge on any atom is 0.308 e. The second-order valence-corrected chi connectivity index (χ2v) is 4.87. The third-order valence-electron chi connectivity index (χ3n) is 3.22. The highest BCUT2D eigenvalue weighted by Gasteiger charge is 2.19. The summed E-state index contributed by atoms with van der Waals surface area (Å²) in [6.45, 7) is 1.73. The molecule has 0 fully saturated rings. The van der Waals surface area contributed by atoms with E-state index in [1.54, 1.807) is 39.3 Å². The Kier molecular flexibility index (Phi) is 6.02. The van der Waals surface area contributed by atoms with Gasteiger partial charge in [-0.1, -0.05) is 6.92 Å². The van der Waals surface area contributed by atoms with E-state index in [9.17, 15) is 9.59 Å². The van der Waals surface area contributed by atoms with E-state index < -0.39 is 11.9 Å². The maximum absolute atomic E-state index is 12.2. The molecule has 0 aliphatic carbocycles. The molecule has 1 rings (SSSR count). The Morgan fingerprint density at radius 3 is 2.48 bits per heavy atom. The number of aliphatic carboxylic acids is 1. The van der Waals surface area contributed by atoms with Gasteiger partial charge in [0, 0.05) is 19.2 Å². The molecule has 1 amide bonds. The Morgan fingerprint density at radius 2 is 1.95 bits per heavy atom. The van der Waals surface area contributed by atoms with Crippen LogP contribution in [0.15, 0.2) is 18.2 Å². The van der Waals surface area contributed by atoms with Crippen LogP contribution < -0.4 is 9.47 Å². The predicted octanol–water partition coefficient (Wildman–Crippen LogP) is 1.43. The van der Waals surface area contributed by atoms with Crippen molar-refractivity contribution >= 4 is 11.9 Å². The van der Waals surface area contributed by atoms with Crippen molar-refractivity contribution < 1.29 is 24.2 Å². The number of carboxylic acid groups (broad SMARTS) is 1. The number of carbonyl (C=O) groups is 2. The Labute approximate surface area is 124 Å². The molecule has 1 unspecified atom stereocenters. The lowest BCUT2D eigenvalue weighted by atomic mass is 10.1. The minimum absolute atomic E-state index is 0.128. The molecular formula is C15H21NO5. The summed E-state index contributed by atoms with van der Waals surface area (Å²) < 4.78 is 10.4. The summed E-state index contributed by atoms with van der Waals surface area (Å²) in [5, 5.41) is 8.88. The van der Waals surface area contributed by atoms with Gasteiger partial charge in [0.25, 0.3) is 0 Å². The zero-order chi connectivity index (χ0) is 16.0. The molecule has 0 heterocycles. The first-order valence-electron chi connectivity index (χ1n) is 6.56. The van der Waals surface area contributed by atoms with Crippen molar-refractivity contribution in [2.24, 2.45) is 5.92 Å². The van der Waals surface area contributed by atoms with E-state index in [0.29, 0.717) is 17.1 Å². The lowest BCUT2D eigenvalue weighted by Crippen LogP contribution is -2.34. The number of amides is 1. The molecule has 0 aromatic heterocycles. The predicted molar refractivity (Wildman–Crippen MR) is 77.7 cm³/mol. The molecule has 0 saturated carbocycles. The van der Waals surface area contributed by atoms with Crippen LogP contribution in [0.1, 0.15) is 12.5 Å². The summed E-state index contributed by atoms with van der Waals surface area (Å²) in [5.41, 5.74) is 0.705. The van der Waals surface area contributed by atoms with E-state index in [0.717, 1.165) is 0 Å². The van der Waals surface area contributed by atoms with E-state index in [4.69, 9.17) is 14.6 Å². The second-order valence-electron chi connectivity index (χ2n) is 4.87. The largest absolute Gasteiger partial charge is 0.497 e. The van der Waals surface area contributed by atoms with Crippen LogP contribution in [0.4, 0.5) is 0 Å². The topological polar surface area (TPSA) is 76.1 Å². The second kappa shape index (κ2) is 7.52. The third-order valence-corrected chi connectivity index (χ3v) is 3.22. The molecular weight excluding hydrogens is 274 g/mol. The maximum atomic E-state index is 12.2. The molecule has 1 aromatic rings. The van der Waals surface area contributed by atoms with E-state index in [1.165, 1.54) is 12.0 Å². The molecule has 0 radical (unpaired) electrons. The van der Waals surface area contributed by atoms with Crippen LogP contribution in [-0.4, -0.2) is 49.7 Å².